The average Bonchev–Trinajstić information content (AvgIpc) is 2.38. The summed E-state index contributed by atoms with van der Waals surface area (Å²) in [5, 5.41) is 10.6. The molecule has 0 aliphatic carbocycles. The Bertz CT molecular complexity index is 540. The van der Waals surface area contributed by atoms with Crippen LogP contribution in [-0.2, 0) is 11.3 Å². The fraction of sp³-hybridized carbons (Fsp3) is 0.455. The predicted molar refractivity (Wildman–Crippen MR) is 68.6 cm³/mol. The minimum atomic E-state index is -0.618. The van der Waals surface area contributed by atoms with Crippen molar-refractivity contribution in [3.63, 3.8) is 0 Å². The largest absolute Gasteiger partial charge is 0.340 e. The van der Waals surface area contributed by atoms with Crippen molar-refractivity contribution in [1.82, 2.24) is 9.47 Å². The summed E-state index contributed by atoms with van der Waals surface area (Å²) in [7, 11) is 1.57. The Morgan fingerprint density at radius 3 is 2.74 bits per heavy atom. The Morgan fingerprint density at radius 1 is 1.58 bits per heavy atom. The predicted octanol–water partition coefficient (Wildman–Crippen LogP) is -0.438. The lowest BCUT2D eigenvalue weighted by Crippen LogP contribution is -2.42. The summed E-state index contributed by atoms with van der Waals surface area (Å²) in [6.45, 7) is 1.82. The molecule has 0 saturated carbocycles. The molecule has 1 unspecified atom stereocenters. The summed E-state index contributed by atoms with van der Waals surface area (Å²) in [5.41, 5.74) is 4.75. The second kappa shape index (κ2) is 6.10. The quantitative estimate of drug-likeness (QED) is 0.575. The van der Waals surface area contributed by atoms with E-state index in [2.05, 4.69) is 0 Å². The molecule has 0 fully saturated rings. The molecule has 8 heteroatoms. The first-order valence-corrected chi connectivity index (χ1v) is 5.67. The molecule has 0 aliphatic heterocycles. The van der Waals surface area contributed by atoms with Crippen LogP contribution < -0.4 is 11.3 Å². The molecule has 0 radical (unpaired) electrons. The second-order valence-electron chi connectivity index (χ2n) is 4.20. The third-order valence-corrected chi connectivity index (χ3v) is 2.88. The Balaban J connectivity index is 2.93. The van der Waals surface area contributed by atoms with Crippen LogP contribution in [0, 0.1) is 10.1 Å². The fourth-order valence-corrected chi connectivity index (χ4v) is 1.41. The van der Waals surface area contributed by atoms with Crippen LogP contribution in [0.2, 0.25) is 0 Å². The van der Waals surface area contributed by atoms with E-state index in [4.69, 9.17) is 5.73 Å². The summed E-state index contributed by atoms with van der Waals surface area (Å²) in [6.07, 6.45) is 1.06. The Morgan fingerprint density at radius 2 is 2.21 bits per heavy atom. The minimum absolute atomic E-state index is 0.165. The summed E-state index contributed by atoms with van der Waals surface area (Å²) >= 11 is 0. The van der Waals surface area contributed by atoms with E-state index < -0.39 is 10.5 Å². The Labute approximate surface area is 109 Å². The summed E-state index contributed by atoms with van der Waals surface area (Å²) in [4.78, 5) is 34.8. The number of nitro groups is 1. The molecule has 1 rings (SSSR count). The molecule has 1 aromatic rings. The molecular weight excluding hydrogens is 252 g/mol. The van der Waals surface area contributed by atoms with Gasteiger partial charge in [-0.3, -0.25) is 24.3 Å². The van der Waals surface area contributed by atoms with E-state index in [1.165, 1.54) is 4.90 Å². The molecule has 8 nitrogen and oxygen atoms in total. The maximum atomic E-state index is 11.9. The van der Waals surface area contributed by atoms with Gasteiger partial charge in [0.1, 0.15) is 6.54 Å². The first-order chi connectivity index (χ1) is 8.86. The van der Waals surface area contributed by atoms with Crippen LogP contribution in [0.25, 0.3) is 0 Å². The van der Waals surface area contributed by atoms with Crippen molar-refractivity contribution < 1.29 is 9.72 Å². The average molecular weight is 268 g/mol. The van der Waals surface area contributed by atoms with Gasteiger partial charge in [-0.2, -0.15) is 0 Å². The fourth-order valence-electron chi connectivity index (χ4n) is 1.41. The topological polar surface area (TPSA) is 111 Å². The number of carbonyl (C=O) groups excluding carboxylic acids is 1. The molecule has 19 heavy (non-hydrogen) atoms. The lowest BCUT2D eigenvalue weighted by atomic mass is 10.3. The van der Waals surface area contributed by atoms with Gasteiger partial charge in [0.2, 0.25) is 5.91 Å². The molecule has 104 valence electrons. The number of rotatable bonds is 5. The second-order valence-corrected chi connectivity index (χ2v) is 4.20. The SMILES string of the molecule is CC(CN)N(C)C(=O)Cn1cc([N+](=O)[O-])ccc1=O. The van der Waals surface area contributed by atoms with Crippen LogP contribution in [0.3, 0.4) is 0 Å². The van der Waals surface area contributed by atoms with Gasteiger partial charge in [-0.1, -0.05) is 0 Å². The molecule has 0 saturated heterocycles. The van der Waals surface area contributed by atoms with Crippen molar-refractivity contribution in [2.45, 2.75) is 19.5 Å². The van der Waals surface area contributed by atoms with Gasteiger partial charge in [-0.25, -0.2) is 0 Å². The van der Waals surface area contributed by atoms with Gasteiger partial charge in [0, 0.05) is 31.8 Å². The molecule has 1 amide bonds. The molecule has 0 spiro atoms. The number of nitrogens with two attached hydrogens (primary N) is 1. The first kappa shape index (κ1) is 14.8. The standard InChI is InChI=1S/C11H16N4O4/c1-8(5-12)13(2)11(17)7-14-6-9(15(18)19)3-4-10(14)16/h3-4,6,8H,5,7,12H2,1-2H3. The highest BCUT2D eigenvalue weighted by Gasteiger charge is 2.16. The molecule has 1 atom stereocenters. The van der Waals surface area contributed by atoms with E-state index in [1.54, 1.807) is 14.0 Å². The van der Waals surface area contributed by atoms with Crippen molar-refractivity contribution >= 4 is 11.6 Å². The highest BCUT2D eigenvalue weighted by molar-refractivity contribution is 5.76. The highest BCUT2D eigenvalue weighted by Crippen LogP contribution is 2.06. The molecule has 0 bridgehead atoms. The van der Waals surface area contributed by atoms with E-state index in [0.29, 0.717) is 6.54 Å². The van der Waals surface area contributed by atoms with Crippen molar-refractivity contribution in [2.24, 2.45) is 5.73 Å². The van der Waals surface area contributed by atoms with Crippen LogP contribution >= 0.6 is 0 Å². The molecule has 0 aliphatic rings. The molecule has 0 aromatic carbocycles. The van der Waals surface area contributed by atoms with Gasteiger partial charge in [0.15, 0.2) is 0 Å². The first-order valence-electron chi connectivity index (χ1n) is 5.67. The Hall–Kier alpha value is -2.22. The van der Waals surface area contributed by atoms with Crippen LogP contribution in [0.4, 0.5) is 5.69 Å². The van der Waals surface area contributed by atoms with Crippen LogP contribution in [0.5, 0.6) is 0 Å². The maximum Gasteiger partial charge on any atom is 0.285 e. The number of pyridine rings is 1. The van der Waals surface area contributed by atoms with Gasteiger partial charge in [-0.15, -0.1) is 0 Å². The summed E-state index contributed by atoms with van der Waals surface area (Å²) in [6, 6.07) is 2.01. The number of hydrogen-bond donors (Lipinski definition) is 1. The van der Waals surface area contributed by atoms with Crippen molar-refractivity contribution in [1.29, 1.82) is 0 Å². The van der Waals surface area contributed by atoms with E-state index >= 15 is 0 Å². The third-order valence-electron chi connectivity index (χ3n) is 2.88. The number of hydrogen-bond acceptors (Lipinski definition) is 5. The van der Waals surface area contributed by atoms with E-state index in [-0.39, 0.29) is 24.2 Å². The van der Waals surface area contributed by atoms with Gasteiger partial charge in [-0.05, 0) is 6.92 Å². The van der Waals surface area contributed by atoms with Gasteiger partial charge in [0.25, 0.3) is 11.2 Å². The maximum absolute atomic E-state index is 11.9. The van der Waals surface area contributed by atoms with E-state index in [1.807, 2.05) is 0 Å². The number of carbonyl (C=O) groups is 1. The monoisotopic (exact) mass is 268 g/mol. The lowest BCUT2D eigenvalue weighted by Gasteiger charge is -2.23. The van der Waals surface area contributed by atoms with Crippen molar-refractivity contribution in [3.05, 3.63) is 38.8 Å². The summed E-state index contributed by atoms with van der Waals surface area (Å²) in [5.74, 6) is -0.333. The number of amides is 1. The van der Waals surface area contributed by atoms with Gasteiger partial charge >= 0.3 is 0 Å². The van der Waals surface area contributed by atoms with Crippen LogP contribution in [0.15, 0.2) is 23.1 Å². The molecular formula is C11H16N4O4. The highest BCUT2D eigenvalue weighted by atomic mass is 16.6. The van der Waals surface area contributed by atoms with Crippen molar-refractivity contribution in [3.8, 4) is 0 Å². The number of likely N-dealkylation sites (N-methyl/N-ethyl adjacent to an activating group) is 1. The molecule has 1 heterocycles. The zero-order chi connectivity index (χ0) is 14.6. The third kappa shape index (κ3) is 3.62. The zero-order valence-electron chi connectivity index (χ0n) is 10.8. The van der Waals surface area contributed by atoms with Crippen LogP contribution in [-0.4, -0.2) is 39.9 Å². The Kier molecular flexibility index (Phi) is 4.76. The van der Waals surface area contributed by atoms with E-state index in [9.17, 15) is 19.7 Å². The molecule has 2 N–H and O–H groups in total. The van der Waals surface area contributed by atoms with Gasteiger partial charge < -0.3 is 10.6 Å². The van der Waals surface area contributed by atoms with Crippen molar-refractivity contribution in [2.75, 3.05) is 13.6 Å². The minimum Gasteiger partial charge on any atom is -0.340 e. The number of nitrogens with zero attached hydrogens (tertiary/aromatic N) is 3. The normalized spacial score (nSPS) is 11.9. The number of aromatic nitrogens is 1. The zero-order valence-corrected chi connectivity index (χ0v) is 10.8. The smallest absolute Gasteiger partial charge is 0.285 e. The van der Waals surface area contributed by atoms with E-state index in [0.717, 1.165) is 22.9 Å². The lowest BCUT2D eigenvalue weighted by molar-refractivity contribution is -0.385. The van der Waals surface area contributed by atoms with Gasteiger partial charge in [0.05, 0.1) is 11.1 Å². The summed E-state index contributed by atoms with van der Waals surface area (Å²) < 4.78 is 1.01. The molecule has 1 aromatic heterocycles. The van der Waals surface area contributed by atoms with Crippen LogP contribution in [0.1, 0.15) is 6.92 Å².